The van der Waals surface area contributed by atoms with Gasteiger partial charge in [0.25, 0.3) is 0 Å². The minimum atomic E-state index is 0.504. The van der Waals surface area contributed by atoms with Crippen molar-refractivity contribution >= 4 is 74.9 Å². The average molecular weight is 789 g/mol. The molecule has 0 heterocycles. The molecule has 0 aliphatic carbocycles. The van der Waals surface area contributed by atoms with E-state index < -0.39 is 0 Å². The topological polar surface area (TPSA) is 43.9 Å². The van der Waals surface area contributed by atoms with Gasteiger partial charge in [-0.05, 0) is 157 Å². The van der Waals surface area contributed by atoms with Crippen LogP contribution in [0.4, 0.5) is 39.8 Å². The van der Waals surface area contributed by atoms with E-state index >= 15 is 0 Å². The van der Waals surface area contributed by atoms with Gasteiger partial charge in [-0.2, -0.15) is 5.26 Å². The molecule has 8 aromatic rings. The smallest absolute Gasteiger partial charge is 0.195 e. The summed E-state index contributed by atoms with van der Waals surface area (Å²) in [5.41, 5.74) is 14.8. The molecule has 5 heteroatoms. The second-order valence-electron chi connectivity index (χ2n) is 15.2. The highest BCUT2D eigenvalue weighted by Gasteiger charge is 2.15. The van der Waals surface area contributed by atoms with E-state index in [0.717, 1.165) is 72.9 Å². The Morgan fingerprint density at radius 2 is 0.803 bits per heavy atom. The third kappa shape index (κ3) is 8.98. The predicted molar refractivity (Wildman–Crippen MR) is 256 cm³/mol. The van der Waals surface area contributed by atoms with E-state index in [4.69, 9.17) is 11.3 Å². The zero-order valence-electron chi connectivity index (χ0n) is 34.7. The third-order valence-corrected chi connectivity index (χ3v) is 10.8. The molecule has 0 atom stereocenters. The van der Waals surface area contributed by atoms with Crippen LogP contribution in [0.2, 0.25) is 0 Å². The number of aryl methyl sites for hydroxylation is 3. The molecule has 0 aliphatic rings. The Morgan fingerprint density at radius 3 is 1.18 bits per heavy atom. The summed E-state index contributed by atoms with van der Waals surface area (Å²) in [5, 5.41) is 11.8. The van der Waals surface area contributed by atoms with E-state index in [0.29, 0.717) is 11.3 Å². The SMILES string of the molecule is [C-]#[N+]c1cc(/C=C/c2ccc(N(c3ccc(C)cc3)c3ccc(OC)cc3)cc2)cc2c(C#N)cc(/C=C/c3ccc(N(c4ccc(C)cc4)c4ccc(C)cc4)cc3)cc12. The number of nitrogens with zero attached hydrogens (tertiary/aromatic N) is 4. The van der Waals surface area contributed by atoms with E-state index in [1.165, 1.54) is 16.7 Å². The molecule has 0 amide bonds. The molecule has 0 N–H and O–H groups in total. The van der Waals surface area contributed by atoms with Crippen molar-refractivity contribution in [2.75, 3.05) is 16.9 Å². The van der Waals surface area contributed by atoms with Crippen molar-refractivity contribution in [1.82, 2.24) is 0 Å². The summed E-state index contributed by atoms with van der Waals surface area (Å²) in [6.07, 6.45) is 8.09. The van der Waals surface area contributed by atoms with Crippen LogP contribution in [0.15, 0.2) is 170 Å². The molecule has 8 rings (SSSR count). The molecular formula is C56H44N4O. The molecule has 0 aliphatic heterocycles. The summed E-state index contributed by atoms with van der Waals surface area (Å²) >= 11 is 0. The number of fused-ring (bicyclic) bond motifs is 1. The summed E-state index contributed by atoms with van der Waals surface area (Å²) in [5.74, 6) is 0.806. The number of hydrogen-bond donors (Lipinski definition) is 0. The molecular weight excluding hydrogens is 745 g/mol. The highest BCUT2D eigenvalue weighted by molar-refractivity contribution is 6.01. The van der Waals surface area contributed by atoms with Gasteiger partial charge in [0.1, 0.15) is 5.75 Å². The fraction of sp³-hybridized carbons (Fsp3) is 0.0714. The van der Waals surface area contributed by atoms with E-state index in [1.807, 2.05) is 60.7 Å². The fourth-order valence-electron chi connectivity index (χ4n) is 7.43. The van der Waals surface area contributed by atoms with Crippen LogP contribution >= 0.6 is 0 Å². The Labute approximate surface area is 358 Å². The summed E-state index contributed by atoms with van der Waals surface area (Å²) in [4.78, 5) is 8.38. The maximum Gasteiger partial charge on any atom is 0.195 e. The predicted octanol–water partition coefficient (Wildman–Crippen LogP) is 15.5. The van der Waals surface area contributed by atoms with Gasteiger partial charge in [0.2, 0.25) is 0 Å². The molecule has 8 aromatic carbocycles. The maximum atomic E-state index is 10.3. The third-order valence-electron chi connectivity index (χ3n) is 10.8. The fourth-order valence-corrected chi connectivity index (χ4v) is 7.43. The lowest BCUT2D eigenvalue weighted by Gasteiger charge is -2.26. The van der Waals surface area contributed by atoms with Crippen LogP contribution in [0.1, 0.15) is 44.5 Å². The number of ether oxygens (including phenoxy) is 1. The Balaban J connectivity index is 1.03. The first-order chi connectivity index (χ1) is 29.8. The Hall–Kier alpha value is -8.12. The van der Waals surface area contributed by atoms with Gasteiger partial charge in [0.05, 0.1) is 25.3 Å². The largest absolute Gasteiger partial charge is 0.497 e. The normalized spacial score (nSPS) is 11.1. The van der Waals surface area contributed by atoms with Gasteiger partial charge in [-0.1, -0.05) is 108 Å². The van der Waals surface area contributed by atoms with E-state index in [-0.39, 0.29) is 0 Å². The van der Waals surface area contributed by atoms with E-state index in [2.05, 4.69) is 175 Å². The van der Waals surface area contributed by atoms with Gasteiger partial charge in [-0.15, -0.1) is 0 Å². The molecule has 0 unspecified atom stereocenters. The number of rotatable bonds is 11. The molecule has 61 heavy (non-hydrogen) atoms. The van der Waals surface area contributed by atoms with Crippen LogP contribution in [-0.2, 0) is 0 Å². The molecule has 5 nitrogen and oxygen atoms in total. The van der Waals surface area contributed by atoms with Gasteiger partial charge in [-0.3, -0.25) is 0 Å². The minimum Gasteiger partial charge on any atom is -0.497 e. The number of hydrogen-bond acceptors (Lipinski definition) is 4. The summed E-state index contributed by atoms with van der Waals surface area (Å²) in [7, 11) is 1.67. The Morgan fingerprint density at radius 1 is 0.459 bits per heavy atom. The zero-order chi connectivity index (χ0) is 42.3. The number of methoxy groups -OCH3 is 1. The van der Waals surface area contributed by atoms with Crippen LogP contribution in [-0.4, -0.2) is 7.11 Å². The van der Waals surface area contributed by atoms with Gasteiger partial charge in [0.15, 0.2) is 5.69 Å². The van der Waals surface area contributed by atoms with Gasteiger partial charge in [-0.25, -0.2) is 4.85 Å². The van der Waals surface area contributed by atoms with Crippen molar-refractivity contribution in [1.29, 1.82) is 5.26 Å². The Bertz CT molecular complexity index is 2910. The maximum absolute atomic E-state index is 10.3. The second kappa shape index (κ2) is 17.8. The average Bonchev–Trinajstić information content (AvgIpc) is 3.30. The summed E-state index contributed by atoms with van der Waals surface area (Å²) in [6, 6.07) is 60.7. The van der Waals surface area contributed by atoms with Crippen LogP contribution in [0, 0.1) is 38.7 Å². The van der Waals surface area contributed by atoms with Crippen molar-refractivity contribution in [3.05, 3.63) is 226 Å². The van der Waals surface area contributed by atoms with Crippen molar-refractivity contribution < 1.29 is 4.74 Å². The van der Waals surface area contributed by atoms with E-state index in [9.17, 15) is 5.26 Å². The lowest BCUT2D eigenvalue weighted by molar-refractivity contribution is 0.415. The highest BCUT2D eigenvalue weighted by atomic mass is 16.5. The molecule has 0 saturated carbocycles. The van der Waals surface area contributed by atoms with Crippen LogP contribution in [0.3, 0.4) is 0 Å². The minimum absolute atomic E-state index is 0.504. The van der Waals surface area contributed by atoms with Crippen molar-refractivity contribution in [3.63, 3.8) is 0 Å². The Kier molecular flexibility index (Phi) is 11.6. The van der Waals surface area contributed by atoms with E-state index in [1.54, 1.807) is 7.11 Å². The monoisotopic (exact) mass is 788 g/mol. The quantitative estimate of drug-likeness (QED) is 0.0967. The second-order valence-corrected chi connectivity index (χ2v) is 15.2. The van der Waals surface area contributed by atoms with Gasteiger partial charge < -0.3 is 14.5 Å². The first kappa shape index (κ1) is 39.7. The molecule has 0 bridgehead atoms. The number of anilines is 6. The number of benzene rings is 8. The zero-order valence-corrected chi connectivity index (χ0v) is 34.7. The van der Waals surface area contributed by atoms with Gasteiger partial charge >= 0.3 is 0 Å². The first-order valence-corrected chi connectivity index (χ1v) is 20.2. The number of nitriles is 1. The van der Waals surface area contributed by atoms with Crippen LogP contribution < -0.4 is 14.5 Å². The van der Waals surface area contributed by atoms with Crippen molar-refractivity contribution in [2.45, 2.75) is 20.8 Å². The molecule has 0 aromatic heterocycles. The first-order valence-electron chi connectivity index (χ1n) is 20.2. The van der Waals surface area contributed by atoms with Crippen LogP contribution in [0.5, 0.6) is 5.75 Å². The summed E-state index contributed by atoms with van der Waals surface area (Å²) < 4.78 is 5.41. The standard InChI is InChI=1S/C56H44N4O/c1-39-6-20-47(21-7-39)59(48-22-8-40(2)9-23-48)50-26-16-42(17-27-50)12-14-44-34-46(38-57)54-35-45(37-56(58-4)55(54)36-44)15-13-43-18-28-51(29-19-43)60(49-24-10-41(3)11-25-49)52-30-32-53(61-5)33-31-52/h6-37H,1-3,5H3/b14-12+,15-13+. The molecule has 0 fully saturated rings. The van der Waals surface area contributed by atoms with Crippen molar-refractivity contribution in [3.8, 4) is 11.8 Å². The molecule has 0 radical (unpaired) electrons. The highest BCUT2D eigenvalue weighted by Crippen LogP contribution is 2.38. The lowest BCUT2D eigenvalue weighted by Crippen LogP contribution is -2.09. The molecule has 0 saturated heterocycles. The molecule has 0 spiro atoms. The molecule has 294 valence electrons. The van der Waals surface area contributed by atoms with Crippen LogP contribution in [0.25, 0.3) is 39.9 Å². The van der Waals surface area contributed by atoms with Gasteiger partial charge in [0, 0.05) is 34.1 Å². The summed E-state index contributed by atoms with van der Waals surface area (Å²) in [6.45, 7) is 14.4. The lowest BCUT2D eigenvalue weighted by atomic mass is 9.97. The van der Waals surface area contributed by atoms with Crippen molar-refractivity contribution in [2.24, 2.45) is 0 Å².